The van der Waals surface area contributed by atoms with E-state index in [1.807, 2.05) is 45.0 Å². The van der Waals surface area contributed by atoms with E-state index in [-0.39, 0.29) is 17.1 Å². The Balaban J connectivity index is 1.26. The van der Waals surface area contributed by atoms with E-state index in [0.29, 0.717) is 29.1 Å². The summed E-state index contributed by atoms with van der Waals surface area (Å²) in [5.74, 6) is -0.727. The highest BCUT2D eigenvalue weighted by Gasteiger charge is 2.23. The first kappa shape index (κ1) is 24.4. The van der Waals surface area contributed by atoms with Crippen LogP contribution in [-0.4, -0.2) is 31.9 Å². The van der Waals surface area contributed by atoms with Crippen LogP contribution in [0.4, 0.5) is 20.6 Å². The molecule has 6 rings (SSSR count). The predicted octanol–water partition coefficient (Wildman–Crippen LogP) is 5.87. The highest BCUT2D eigenvalue weighted by molar-refractivity contribution is 6.03. The van der Waals surface area contributed by atoms with Crippen LogP contribution in [0.25, 0.3) is 33.3 Å². The molecule has 0 aliphatic carbocycles. The van der Waals surface area contributed by atoms with Crippen molar-refractivity contribution in [3.05, 3.63) is 83.9 Å². The number of rotatable bonds is 4. The number of amides is 3. The van der Waals surface area contributed by atoms with E-state index >= 15 is 4.39 Å². The summed E-state index contributed by atoms with van der Waals surface area (Å²) in [6, 6.07) is 15.1. The van der Waals surface area contributed by atoms with Gasteiger partial charge in [-0.2, -0.15) is 10.2 Å². The number of aromatic nitrogens is 4. The molecule has 0 unspecified atom stereocenters. The zero-order valence-corrected chi connectivity index (χ0v) is 21.6. The number of anilines is 2. The minimum Gasteiger partial charge on any atom is -0.348 e. The van der Waals surface area contributed by atoms with Gasteiger partial charge in [0.2, 0.25) is 0 Å². The number of nitrogens with zero attached hydrogens (tertiary/aromatic N) is 3. The Bertz CT molecular complexity index is 1760. The van der Waals surface area contributed by atoms with Gasteiger partial charge in [-0.15, -0.1) is 0 Å². The average molecular weight is 524 g/mol. The van der Waals surface area contributed by atoms with Gasteiger partial charge in [0.15, 0.2) is 0 Å². The van der Waals surface area contributed by atoms with Gasteiger partial charge in [-0.3, -0.25) is 14.6 Å². The molecule has 5 aromatic rings. The molecular weight excluding hydrogens is 497 g/mol. The van der Waals surface area contributed by atoms with Crippen LogP contribution in [0.1, 0.15) is 36.7 Å². The molecular formula is C29H26FN7O2. The van der Waals surface area contributed by atoms with Crippen LogP contribution in [0.15, 0.2) is 67.0 Å². The normalized spacial score (nSPS) is 12.9. The first-order valence-electron chi connectivity index (χ1n) is 12.5. The lowest BCUT2D eigenvalue weighted by molar-refractivity contribution is 0.0965. The summed E-state index contributed by atoms with van der Waals surface area (Å²) in [7, 11) is 0. The summed E-state index contributed by atoms with van der Waals surface area (Å²) in [5, 5.41) is 20.9. The molecule has 2 aromatic heterocycles. The Kier molecular flexibility index (Phi) is 5.67. The van der Waals surface area contributed by atoms with Crippen molar-refractivity contribution in [1.29, 1.82) is 0 Å². The molecule has 196 valence electrons. The van der Waals surface area contributed by atoms with Crippen molar-refractivity contribution in [3.63, 3.8) is 0 Å². The average Bonchev–Trinajstić information content (AvgIpc) is 3.63. The molecule has 4 N–H and O–H groups in total. The lowest BCUT2D eigenvalue weighted by Crippen LogP contribution is -2.22. The molecule has 0 saturated carbocycles. The van der Waals surface area contributed by atoms with Gasteiger partial charge in [0.1, 0.15) is 11.5 Å². The van der Waals surface area contributed by atoms with E-state index in [9.17, 15) is 9.59 Å². The molecule has 0 radical (unpaired) electrons. The summed E-state index contributed by atoms with van der Waals surface area (Å²) in [6.07, 6.45) is 3.49. The largest absolute Gasteiger partial charge is 0.348 e. The molecule has 10 heteroatoms. The fourth-order valence-electron chi connectivity index (χ4n) is 4.70. The second-order valence-corrected chi connectivity index (χ2v) is 10.5. The van der Waals surface area contributed by atoms with Gasteiger partial charge in [0.05, 0.1) is 28.6 Å². The van der Waals surface area contributed by atoms with Gasteiger partial charge < -0.3 is 16.0 Å². The zero-order chi connectivity index (χ0) is 27.3. The summed E-state index contributed by atoms with van der Waals surface area (Å²) < 4.78 is 16.9. The fourth-order valence-corrected chi connectivity index (χ4v) is 4.70. The first-order chi connectivity index (χ1) is 18.7. The van der Waals surface area contributed by atoms with Crippen LogP contribution in [-0.2, 0) is 12.1 Å². The molecule has 39 heavy (non-hydrogen) atoms. The Morgan fingerprint density at radius 3 is 2.56 bits per heavy atom. The number of H-pyrrole nitrogens is 1. The van der Waals surface area contributed by atoms with E-state index in [2.05, 4.69) is 26.1 Å². The number of carbonyl (C=O) groups excluding carboxylic acids is 2. The van der Waals surface area contributed by atoms with Crippen molar-refractivity contribution in [2.45, 2.75) is 32.9 Å². The third-order valence-electron chi connectivity index (χ3n) is 6.74. The van der Waals surface area contributed by atoms with E-state index in [0.717, 1.165) is 27.6 Å². The van der Waals surface area contributed by atoms with Crippen molar-refractivity contribution < 1.29 is 14.0 Å². The number of carbonyl (C=O) groups is 2. The molecule has 0 fully saturated rings. The fraction of sp³-hybridized carbons (Fsp3) is 0.172. The van der Waals surface area contributed by atoms with E-state index < -0.39 is 11.8 Å². The number of urea groups is 1. The highest BCUT2D eigenvalue weighted by atomic mass is 19.1. The summed E-state index contributed by atoms with van der Waals surface area (Å²) in [4.78, 5) is 25.0. The van der Waals surface area contributed by atoms with Gasteiger partial charge in [0.25, 0.3) is 5.91 Å². The minimum absolute atomic E-state index is 0.0302. The minimum atomic E-state index is -0.601. The maximum atomic E-state index is 15.1. The second kappa shape index (κ2) is 9.09. The SMILES string of the molecule is CC(C)(C)n1cc(NC(=O)Nc2ccc(-c3cccc4c3CNC4=O)cc2F)c(-c2ccc3[nH]ncc3c2)n1. The standard InChI is InChI=1S/C29H26FN7O2/c1-29(2,3)37-15-25(26(36-37)17-8-9-23-18(11-17)13-32-35-23)34-28(39)33-24-10-7-16(12-22(24)30)19-5-4-6-20-21(19)14-31-27(20)38/h4-13,15H,14H2,1-3H3,(H,31,38)(H,32,35)(H2,33,34,39). The van der Waals surface area contributed by atoms with Crippen LogP contribution in [0.3, 0.4) is 0 Å². The van der Waals surface area contributed by atoms with Crippen LogP contribution in [0.2, 0.25) is 0 Å². The number of nitrogens with one attached hydrogen (secondary N) is 4. The smallest absolute Gasteiger partial charge is 0.323 e. The number of fused-ring (bicyclic) bond motifs is 2. The molecule has 0 spiro atoms. The summed E-state index contributed by atoms with van der Waals surface area (Å²) in [6.45, 7) is 6.43. The van der Waals surface area contributed by atoms with E-state index in [1.54, 1.807) is 35.3 Å². The summed E-state index contributed by atoms with van der Waals surface area (Å²) in [5.41, 5.74) is 5.28. The van der Waals surface area contributed by atoms with Crippen LogP contribution in [0, 0.1) is 5.82 Å². The monoisotopic (exact) mass is 523 g/mol. The van der Waals surface area contributed by atoms with Crippen LogP contribution < -0.4 is 16.0 Å². The summed E-state index contributed by atoms with van der Waals surface area (Å²) >= 11 is 0. The number of hydrogen-bond acceptors (Lipinski definition) is 4. The van der Waals surface area contributed by atoms with Crippen molar-refractivity contribution in [2.75, 3.05) is 10.6 Å². The maximum absolute atomic E-state index is 15.1. The van der Waals surface area contributed by atoms with Crippen molar-refractivity contribution in [2.24, 2.45) is 0 Å². The first-order valence-corrected chi connectivity index (χ1v) is 12.5. The molecule has 1 aliphatic rings. The molecule has 9 nitrogen and oxygen atoms in total. The Labute approximate surface area is 223 Å². The second-order valence-electron chi connectivity index (χ2n) is 10.5. The highest BCUT2D eigenvalue weighted by Crippen LogP contribution is 2.33. The van der Waals surface area contributed by atoms with Gasteiger partial charge in [0, 0.05) is 29.3 Å². The molecule has 0 bridgehead atoms. The topological polar surface area (TPSA) is 117 Å². The van der Waals surface area contributed by atoms with Crippen molar-refractivity contribution in [1.82, 2.24) is 25.3 Å². The number of halogens is 1. The third kappa shape index (κ3) is 4.50. The van der Waals surface area contributed by atoms with Gasteiger partial charge in [-0.05, 0) is 67.8 Å². The number of hydrogen-bond donors (Lipinski definition) is 4. The van der Waals surface area contributed by atoms with E-state index in [4.69, 9.17) is 5.10 Å². The predicted molar refractivity (Wildman–Crippen MR) is 148 cm³/mol. The Morgan fingerprint density at radius 1 is 1.00 bits per heavy atom. The molecule has 1 aliphatic heterocycles. The number of aromatic amines is 1. The number of benzene rings is 3. The Hall–Kier alpha value is -4.99. The van der Waals surface area contributed by atoms with Gasteiger partial charge >= 0.3 is 6.03 Å². The molecule has 0 saturated heterocycles. The van der Waals surface area contributed by atoms with Crippen LogP contribution in [0.5, 0.6) is 0 Å². The van der Waals surface area contributed by atoms with Crippen LogP contribution >= 0.6 is 0 Å². The van der Waals surface area contributed by atoms with Crippen molar-refractivity contribution >= 4 is 34.2 Å². The lowest BCUT2D eigenvalue weighted by atomic mass is 9.96. The van der Waals surface area contributed by atoms with Crippen molar-refractivity contribution in [3.8, 4) is 22.4 Å². The van der Waals surface area contributed by atoms with E-state index in [1.165, 1.54) is 12.1 Å². The maximum Gasteiger partial charge on any atom is 0.323 e. The quantitative estimate of drug-likeness (QED) is 0.236. The molecule has 0 atom stereocenters. The molecule has 3 heterocycles. The molecule has 3 aromatic carbocycles. The zero-order valence-electron chi connectivity index (χ0n) is 21.6. The van der Waals surface area contributed by atoms with Gasteiger partial charge in [-0.1, -0.05) is 24.3 Å². The van der Waals surface area contributed by atoms with Gasteiger partial charge in [-0.25, -0.2) is 9.18 Å². The Morgan fingerprint density at radius 2 is 1.77 bits per heavy atom. The lowest BCUT2D eigenvalue weighted by Gasteiger charge is -2.18. The molecule has 3 amide bonds. The third-order valence-corrected chi connectivity index (χ3v) is 6.74.